The van der Waals surface area contributed by atoms with E-state index in [4.69, 9.17) is 21.3 Å². The van der Waals surface area contributed by atoms with Crippen LogP contribution in [0, 0.1) is 20.8 Å². The maximum Gasteiger partial charge on any atom is 0.338 e. The van der Waals surface area contributed by atoms with E-state index in [0.29, 0.717) is 28.4 Å². The second kappa shape index (κ2) is 11.6. The lowest BCUT2D eigenvalue weighted by Gasteiger charge is -2.17. The fraction of sp³-hybridized carbons (Fsp3) is 0.258. The fourth-order valence-corrected chi connectivity index (χ4v) is 4.61. The number of nitrogens with zero attached hydrogens (tertiary/aromatic N) is 1. The van der Waals surface area contributed by atoms with Gasteiger partial charge in [-0.25, -0.2) is 9.78 Å². The number of aromatic nitrogens is 1. The number of unbranched alkanes of at least 4 members (excludes halogenated alkanes) is 2. The van der Waals surface area contributed by atoms with Crippen molar-refractivity contribution in [2.45, 2.75) is 47.0 Å². The van der Waals surface area contributed by atoms with Crippen molar-refractivity contribution in [2.75, 3.05) is 11.9 Å². The third-order valence-electron chi connectivity index (χ3n) is 6.37. The number of aryl methyl sites for hydroxylation is 2. The first kappa shape index (κ1) is 26.4. The molecule has 0 aliphatic carbocycles. The lowest BCUT2D eigenvalue weighted by Crippen LogP contribution is -2.16. The number of benzene rings is 3. The van der Waals surface area contributed by atoms with E-state index in [1.807, 2.05) is 51.1 Å². The molecule has 0 spiro atoms. The van der Waals surface area contributed by atoms with Crippen LogP contribution in [0.2, 0.25) is 5.02 Å². The zero-order valence-corrected chi connectivity index (χ0v) is 22.4. The zero-order chi connectivity index (χ0) is 26.5. The lowest BCUT2D eigenvalue weighted by atomic mass is 9.94. The molecule has 0 bridgehead atoms. The van der Waals surface area contributed by atoms with Gasteiger partial charge in [-0.3, -0.25) is 4.79 Å². The molecule has 0 saturated carbocycles. The number of amides is 1. The maximum absolute atomic E-state index is 13.7. The number of ether oxygens (including phenoxy) is 1. The minimum Gasteiger partial charge on any atom is -0.462 e. The monoisotopic (exact) mass is 514 g/mol. The van der Waals surface area contributed by atoms with E-state index in [0.717, 1.165) is 58.1 Å². The highest BCUT2D eigenvalue weighted by molar-refractivity contribution is 6.30. The summed E-state index contributed by atoms with van der Waals surface area (Å²) in [7, 11) is 0. The summed E-state index contributed by atoms with van der Waals surface area (Å²) in [5.41, 5.74) is 6.87. The van der Waals surface area contributed by atoms with E-state index in [1.54, 1.807) is 24.3 Å². The molecule has 0 saturated heterocycles. The van der Waals surface area contributed by atoms with Crippen LogP contribution in [0.5, 0.6) is 0 Å². The maximum atomic E-state index is 13.7. The molecule has 0 aliphatic heterocycles. The van der Waals surface area contributed by atoms with Crippen molar-refractivity contribution in [3.8, 4) is 11.3 Å². The van der Waals surface area contributed by atoms with Gasteiger partial charge in [0.2, 0.25) is 0 Å². The van der Waals surface area contributed by atoms with Crippen LogP contribution in [0.3, 0.4) is 0 Å². The van der Waals surface area contributed by atoms with Crippen molar-refractivity contribution in [1.29, 1.82) is 0 Å². The summed E-state index contributed by atoms with van der Waals surface area (Å²) in [6.45, 7) is 8.45. The molecule has 0 aliphatic rings. The molecule has 0 unspecified atom stereocenters. The van der Waals surface area contributed by atoms with E-state index in [-0.39, 0.29) is 11.9 Å². The van der Waals surface area contributed by atoms with Gasteiger partial charge in [0, 0.05) is 21.7 Å². The van der Waals surface area contributed by atoms with Crippen LogP contribution in [-0.4, -0.2) is 23.5 Å². The molecule has 190 valence electrons. The number of rotatable bonds is 8. The van der Waals surface area contributed by atoms with E-state index in [1.165, 1.54) is 0 Å². The summed E-state index contributed by atoms with van der Waals surface area (Å²) >= 11 is 6.10. The Bertz CT molecular complexity index is 1440. The van der Waals surface area contributed by atoms with Crippen molar-refractivity contribution < 1.29 is 14.3 Å². The average Bonchev–Trinajstić information content (AvgIpc) is 2.87. The number of halogens is 1. The Hall–Kier alpha value is -3.70. The van der Waals surface area contributed by atoms with Gasteiger partial charge < -0.3 is 10.1 Å². The molecular weight excluding hydrogens is 484 g/mol. The van der Waals surface area contributed by atoms with Crippen molar-refractivity contribution in [3.63, 3.8) is 0 Å². The largest absolute Gasteiger partial charge is 0.462 e. The minimum atomic E-state index is -0.358. The highest BCUT2D eigenvalue weighted by Crippen LogP contribution is 2.33. The van der Waals surface area contributed by atoms with Crippen molar-refractivity contribution in [1.82, 2.24) is 4.98 Å². The number of esters is 1. The van der Waals surface area contributed by atoms with Gasteiger partial charge in [-0.15, -0.1) is 0 Å². The van der Waals surface area contributed by atoms with Gasteiger partial charge in [0.1, 0.15) is 0 Å². The topological polar surface area (TPSA) is 68.3 Å². The number of nitrogens with one attached hydrogen (secondary N) is 1. The lowest BCUT2D eigenvalue weighted by molar-refractivity contribution is 0.0498. The Morgan fingerprint density at radius 1 is 0.946 bits per heavy atom. The molecule has 1 N–H and O–H groups in total. The SMILES string of the molecule is CCCCCOC(=O)c1ccc(NC(=O)c2c(C)c(-c3ccc(Cl)cc3)nc3c(C)cc(C)cc23)cc1. The van der Waals surface area contributed by atoms with Crippen molar-refractivity contribution in [2.24, 2.45) is 0 Å². The van der Waals surface area contributed by atoms with Crippen LogP contribution < -0.4 is 5.32 Å². The Morgan fingerprint density at radius 2 is 1.65 bits per heavy atom. The van der Waals surface area contributed by atoms with Crippen LogP contribution >= 0.6 is 11.6 Å². The molecule has 4 rings (SSSR count). The summed E-state index contributed by atoms with van der Waals surface area (Å²) < 4.78 is 5.33. The first-order valence-electron chi connectivity index (χ1n) is 12.5. The average molecular weight is 515 g/mol. The van der Waals surface area contributed by atoms with Crippen molar-refractivity contribution in [3.05, 3.63) is 93.5 Å². The number of carbonyl (C=O) groups excluding carboxylic acids is 2. The van der Waals surface area contributed by atoms with Crippen molar-refractivity contribution >= 4 is 40.1 Å². The molecule has 1 aromatic heterocycles. The van der Waals surface area contributed by atoms with Crippen LogP contribution in [0.15, 0.2) is 60.7 Å². The quantitative estimate of drug-likeness (QED) is 0.190. The number of anilines is 1. The van der Waals surface area contributed by atoms with Gasteiger partial charge in [-0.1, -0.05) is 55.1 Å². The number of hydrogen-bond donors (Lipinski definition) is 1. The molecule has 1 heterocycles. The molecule has 6 heteroatoms. The molecule has 3 aromatic carbocycles. The number of hydrogen-bond acceptors (Lipinski definition) is 4. The molecular formula is C31H31ClN2O3. The van der Waals surface area contributed by atoms with Crippen LogP contribution in [0.4, 0.5) is 5.69 Å². The molecule has 0 atom stereocenters. The molecule has 5 nitrogen and oxygen atoms in total. The predicted molar refractivity (Wildman–Crippen MR) is 151 cm³/mol. The smallest absolute Gasteiger partial charge is 0.338 e. The van der Waals surface area contributed by atoms with Crippen LogP contribution in [-0.2, 0) is 4.74 Å². The first-order valence-corrected chi connectivity index (χ1v) is 12.9. The highest BCUT2D eigenvalue weighted by Gasteiger charge is 2.21. The Labute approximate surface area is 222 Å². The summed E-state index contributed by atoms with van der Waals surface area (Å²) in [4.78, 5) is 30.9. The van der Waals surface area contributed by atoms with E-state index < -0.39 is 0 Å². The van der Waals surface area contributed by atoms with Gasteiger partial charge >= 0.3 is 5.97 Å². The zero-order valence-electron chi connectivity index (χ0n) is 21.7. The van der Waals surface area contributed by atoms with Gasteiger partial charge in [-0.05, 0) is 80.8 Å². The predicted octanol–water partition coefficient (Wildman–Crippen LogP) is 8.08. The summed E-state index contributed by atoms with van der Waals surface area (Å²) in [5.74, 6) is -0.594. The Morgan fingerprint density at radius 3 is 2.32 bits per heavy atom. The highest BCUT2D eigenvalue weighted by atomic mass is 35.5. The van der Waals surface area contributed by atoms with Gasteiger partial charge in [0.15, 0.2) is 0 Å². The number of carbonyl (C=O) groups is 2. The standard InChI is InChI=1S/C31H31ClN2O3/c1-5-6-7-16-37-31(36)23-10-14-25(15-11-23)33-30(35)27-21(4)29(22-8-12-24(32)13-9-22)34-28-20(3)17-19(2)18-26(27)28/h8-15,17-18H,5-7,16H2,1-4H3,(H,33,35). The number of pyridine rings is 1. The van der Waals surface area contributed by atoms with Crippen LogP contribution in [0.1, 0.15) is 63.6 Å². The minimum absolute atomic E-state index is 0.236. The van der Waals surface area contributed by atoms with Gasteiger partial charge in [0.05, 0.1) is 28.9 Å². The Kier molecular flexibility index (Phi) is 8.24. The second-order valence-corrected chi connectivity index (χ2v) is 9.76. The summed E-state index contributed by atoms with van der Waals surface area (Å²) in [5, 5.41) is 4.45. The molecule has 0 fully saturated rings. The molecule has 1 amide bonds. The molecule has 0 radical (unpaired) electrons. The second-order valence-electron chi connectivity index (χ2n) is 9.32. The third-order valence-corrected chi connectivity index (χ3v) is 6.62. The molecule has 37 heavy (non-hydrogen) atoms. The first-order chi connectivity index (χ1) is 17.8. The normalized spacial score (nSPS) is 10.9. The van der Waals surface area contributed by atoms with E-state index in [2.05, 4.69) is 18.3 Å². The molecule has 4 aromatic rings. The van der Waals surface area contributed by atoms with E-state index in [9.17, 15) is 9.59 Å². The Balaban J connectivity index is 1.66. The third kappa shape index (κ3) is 6.00. The van der Waals surface area contributed by atoms with E-state index >= 15 is 0 Å². The number of fused-ring (bicyclic) bond motifs is 1. The van der Waals surface area contributed by atoms with Crippen LogP contribution in [0.25, 0.3) is 22.2 Å². The van der Waals surface area contributed by atoms with Gasteiger partial charge in [0.25, 0.3) is 5.91 Å². The summed E-state index contributed by atoms with van der Waals surface area (Å²) in [6, 6.07) is 18.3. The fourth-order valence-electron chi connectivity index (χ4n) is 4.48. The van der Waals surface area contributed by atoms with Gasteiger partial charge in [-0.2, -0.15) is 0 Å². The summed E-state index contributed by atoms with van der Waals surface area (Å²) in [6.07, 6.45) is 2.95.